The van der Waals surface area contributed by atoms with Crippen molar-refractivity contribution in [1.82, 2.24) is 19.8 Å². The smallest absolute Gasteiger partial charge is 0.226 e. The molecule has 38 heavy (non-hydrogen) atoms. The number of amides is 1. The summed E-state index contributed by atoms with van der Waals surface area (Å²) in [7, 11) is 0. The molecule has 2 N–H and O–H groups in total. The average molecular weight is 524 g/mol. The molecule has 2 atom stereocenters. The number of anilines is 1. The van der Waals surface area contributed by atoms with E-state index in [1.807, 2.05) is 48.7 Å². The molecule has 2 aromatic carbocycles. The number of carbonyl (C=O) groups is 1. The summed E-state index contributed by atoms with van der Waals surface area (Å²) in [5.41, 5.74) is 3.03. The van der Waals surface area contributed by atoms with Crippen LogP contribution in [-0.4, -0.2) is 32.0 Å². The quantitative estimate of drug-likeness (QED) is 0.269. The normalized spacial score (nSPS) is 20.0. The van der Waals surface area contributed by atoms with Crippen LogP contribution in [-0.2, 0) is 4.79 Å². The van der Waals surface area contributed by atoms with Crippen molar-refractivity contribution < 1.29 is 4.79 Å². The molecular formula is C31H33N5OS. The van der Waals surface area contributed by atoms with Crippen LogP contribution in [0.1, 0.15) is 68.0 Å². The molecule has 194 valence electrons. The predicted molar refractivity (Wildman–Crippen MR) is 156 cm³/mol. The molecule has 0 radical (unpaired) electrons. The highest BCUT2D eigenvalue weighted by atomic mass is 32.1. The lowest BCUT2D eigenvalue weighted by atomic mass is 9.94. The van der Waals surface area contributed by atoms with Crippen molar-refractivity contribution in [2.75, 3.05) is 11.9 Å². The maximum Gasteiger partial charge on any atom is 0.226 e. The van der Waals surface area contributed by atoms with Gasteiger partial charge in [0.2, 0.25) is 5.91 Å². The number of hydrogen-bond acceptors (Lipinski definition) is 3. The number of benzene rings is 2. The Hall–Kier alpha value is -3.71. The van der Waals surface area contributed by atoms with Crippen LogP contribution in [0.25, 0.3) is 10.8 Å². The zero-order valence-corrected chi connectivity index (χ0v) is 22.2. The maximum atomic E-state index is 13.2. The second-order valence-corrected chi connectivity index (χ2v) is 10.7. The third kappa shape index (κ3) is 4.90. The van der Waals surface area contributed by atoms with E-state index >= 15 is 0 Å². The fourth-order valence-corrected chi connectivity index (χ4v) is 6.42. The van der Waals surface area contributed by atoms with E-state index in [0.717, 1.165) is 22.2 Å². The summed E-state index contributed by atoms with van der Waals surface area (Å²) in [6, 6.07) is 24.8. The molecule has 4 aromatic rings. The van der Waals surface area contributed by atoms with Gasteiger partial charge in [-0.15, -0.1) is 0 Å². The van der Waals surface area contributed by atoms with E-state index in [0.29, 0.717) is 24.1 Å². The van der Waals surface area contributed by atoms with Crippen LogP contribution >= 0.6 is 12.2 Å². The van der Waals surface area contributed by atoms with Crippen LogP contribution in [0.15, 0.2) is 85.2 Å². The van der Waals surface area contributed by atoms with Crippen LogP contribution < -0.4 is 10.6 Å². The van der Waals surface area contributed by atoms with E-state index < -0.39 is 0 Å². The third-order valence-corrected chi connectivity index (χ3v) is 8.28. The van der Waals surface area contributed by atoms with Gasteiger partial charge < -0.3 is 20.1 Å². The van der Waals surface area contributed by atoms with Gasteiger partial charge in [-0.25, -0.2) is 0 Å². The highest BCUT2D eigenvalue weighted by Crippen LogP contribution is 2.41. The van der Waals surface area contributed by atoms with Gasteiger partial charge in [-0.05, 0) is 60.8 Å². The monoisotopic (exact) mass is 523 g/mol. The first-order chi connectivity index (χ1) is 18.7. The van der Waals surface area contributed by atoms with Gasteiger partial charge in [0.05, 0.1) is 17.8 Å². The fourth-order valence-electron chi connectivity index (χ4n) is 6.09. The Labute approximate surface area is 229 Å². The van der Waals surface area contributed by atoms with Crippen molar-refractivity contribution in [3.63, 3.8) is 0 Å². The van der Waals surface area contributed by atoms with E-state index in [1.54, 1.807) is 0 Å². The van der Waals surface area contributed by atoms with Crippen molar-refractivity contribution in [2.45, 2.75) is 56.7 Å². The van der Waals surface area contributed by atoms with Gasteiger partial charge in [0, 0.05) is 48.2 Å². The molecular weight excluding hydrogens is 490 g/mol. The molecule has 2 aromatic heterocycles. The minimum atomic E-state index is -0.0814. The zero-order valence-electron chi connectivity index (χ0n) is 21.4. The lowest BCUT2D eigenvalue weighted by Crippen LogP contribution is -2.33. The van der Waals surface area contributed by atoms with Crippen LogP contribution in [0, 0.1) is 0 Å². The molecule has 0 unspecified atom stereocenters. The molecule has 1 saturated carbocycles. The van der Waals surface area contributed by atoms with Gasteiger partial charge in [0.15, 0.2) is 5.11 Å². The summed E-state index contributed by atoms with van der Waals surface area (Å²) < 4.78 is 2.46. The number of nitrogens with zero attached hydrogens (tertiary/aromatic N) is 3. The maximum absolute atomic E-state index is 13.2. The van der Waals surface area contributed by atoms with E-state index in [1.165, 1.54) is 37.8 Å². The topological polar surface area (TPSA) is 62.2 Å². The van der Waals surface area contributed by atoms with Crippen molar-refractivity contribution in [3.8, 4) is 0 Å². The molecule has 6 nitrogen and oxygen atoms in total. The fraction of sp³-hybridized carbons (Fsp3) is 0.323. The summed E-state index contributed by atoms with van der Waals surface area (Å²) in [4.78, 5) is 20.0. The number of rotatable bonds is 7. The SMILES string of the molecule is O=C(CCN1C(=S)N[C@H](c2ccccn2)[C@@H]1c1cccn1C1CCCCC1)Nc1cccc2ccccc12. The molecule has 6 rings (SSSR count). The molecule has 2 aliphatic rings. The molecule has 2 fully saturated rings. The number of thiocarbonyl (C=S) groups is 1. The first kappa shape index (κ1) is 24.6. The summed E-state index contributed by atoms with van der Waals surface area (Å²) in [5, 5.41) is 9.49. The van der Waals surface area contributed by atoms with Gasteiger partial charge in [-0.1, -0.05) is 61.7 Å². The summed E-state index contributed by atoms with van der Waals surface area (Å²) in [6.45, 7) is 0.520. The highest BCUT2D eigenvalue weighted by molar-refractivity contribution is 7.80. The summed E-state index contributed by atoms with van der Waals surface area (Å²) in [5.74, 6) is -0.0214. The van der Waals surface area contributed by atoms with Crippen LogP contribution in [0.5, 0.6) is 0 Å². The van der Waals surface area contributed by atoms with E-state index in [4.69, 9.17) is 12.2 Å². The van der Waals surface area contributed by atoms with Crippen LogP contribution in [0.2, 0.25) is 0 Å². The minimum Gasteiger partial charge on any atom is -0.352 e. The molecule has 1 aliphatic heterocycles. The second kappa shape index (κ2) is 11.0. The lowest BCUT2D eigenvalue weighted by molar-refractivity contribution is -0.116. The number of nitrogens with one attached hydrogen (secondary N) is 2. The molecule has 1 amide bonds. The predicted octanol–water partition coefficient (Wildman–Crippen LogP) is 6.54. The molecule has 3 heterocycles. The van der Waals surface area contributed by atoms with E-state index in [-0.39, 0.29) is 18.0 Å². The number of aromatic nitrogens is 2. The highest BCUT2D eigenvalue weighted by Gasteiger charge is 2.41. The lowest BCUT2D eigenvalue weighted by Gasteiger charge is -2.32. The first-order valence-electron chi connectivity index (χ1n) is 13.6. The average Bonchev–Trinajstić information content (AvgIpc) is 3.57. The Morgan fingerprint density at radius 2 is 1.79 bits per heavy atom. The van der Waals surface area contributed by atoms with E-state index in [9.17, 15) is 4.79 Å². The number of pyridine rings is 1. The standard InChI is InChI=1S/C31H33N5OS/c37-28(33-25-16-8-11-22-10-4-5-14-24(22)25)18-21-36-30(29(34-31(36)38)26-15-6-7-19-32-26)27-17-9-20-35(27)23-12-2-1-3-13-23/h4-11,14-17,19-20,23,29-30H,1-3,12-13,18,21H2,(H,33,37)(H,34,38)/t29-,30+/m1/s1. The Morgan fingerprint density at radius 1 is 0.974 bits per heavy atom. The Bertz CT molecular complexity index is 1420. The van der Waals surface area contributed by atoms with Crippen molar-refractivity contribution >= 4 is 39.7 Å². The first-order valence-corrected chi connectivity index (χ1v) is 14.0. The van der Waals surface area contributed by atoms with Gasteiger partial charge in [0.25, 0.3) is 0 Å². The van der Waals surface area contributed by atoms with Gasteiger partial charge in [0.1, 0.15) is 0 Å². The van der Waals surface area contributed by atoms with Crippen molar-refractivity contribution in [2.24, 2.45) is 0 Å². The van der Waals surface area contributed by atoms with E-state index in [2.05, 4.69) is 61.6 Å². The minimum absolute atomic E-state index is 0.0214. The van der Waals surface area contributed by atoms with Crippen molar-refractivity contribution in [1.29, 1.82) is 0 Å². The zero-order chi connectivity index (χ0) is 25.9. The Kier molecular flexibility index (Phi) is 7.10. The molecule has 0 spiro atoms. The largest absolute Gasteiger partial charge is 0.352 e. The Morgan fingerprint density at radius 3 is 2.63 bits per heavy atom. The van der Waals surface area contributed by atoms with Gasteiger partial charge >= 0.3 is 0 Å². The molecule has 1 aliphatic carbocycles. The molecule has 1 saturated heterocycles. The number of hydrogen-bond donors (Lipinski definition) is 2. The molecule has 7 heteroatoms. The number of carbonyl (C=O) groups excluding carboxylic acids is 1. The van der Waals surface area contributed by atoms with Crippen molar-refractivity contribution in [3.05, 3.63) is 96.6 Å². The Balaban J connectivity index is 1.25. The second-order valence-electron chi connectivity index (χ2n) is 10.3. The van der Waals surface area contributed by atoms with Crippen LogP contribution in [0.4, 0.5) is 5.69 Å². The summed E-state index contributed by atoms with van der Waals surface area (Å²) >= 11 is 5.86. The van der Waals surface area contributed by atoms with Gasteiger partial charge in [-0.2, -0.15) is 0 Å². The number of fused-ring (bicyclic) bond motifs is 1. The molecule has 0 bridgehead atoms. The van der Waals surface area contributed by atoms with Gasteiger partial charge in [-0.3, -0.25) is 9.78 Å². The summed E-state index contributed by atoms with van der Waals surface area (Å²) in [6.07, 6.45) is 10.6. The third-order valence-electron chi connectivity index (χ3n) is 7.92. The van der Waals surface area contributed by atoms with Crippen LogP contribution in [0.3, 0.4) is 0 Å².